The minimum absolute atomic E-state index is 0.187. The summed E-state index contributed by atoms with van der Waals surface area (Å²) in [6, 6.07) is 3.27. The van der Waals surface area contributed by atoms with Gasteiger partial charge in [0, 0.05) is 40.1 Å². The van der Waals surface area contributed by atoms with Crippen molar-refractivity contribution in [2.24, 2.45) is 0 Å². The lowest BCUT2D eigenvalue weighted by molar-refractivity contribution is 0.0696. The van der Waals surface area contributed by atoms with E-state index in [0.717, 1.165) is 18.8 Å². The molecule has 106 valence electrons. The van der Waals surface area contributed by atoms with Crippen LogP contribution in [0.25, 0.3) is 0 Å². The number of rotatable bonds is 9. The van der Waals surface area contributed by atoms with Crippen LogP contribution in [-0.2, 0) is 9.47 Å². The maximum absolute atomic E-state index is 10.8. The van der Waals surface area contributed by atoms with Gasteiger partial charge in [-0.2, -0.15) is 0 Å². The van der Waals surface area contributed by atoms with E-state index in [-0.39, 0.29) is 5.56 Å². The molecule has 0 atom stereocenters. The molecule has 0 unspecified atom stereocenters. The predicted molar refractivity (Wildman–Crippen MR) is 71.8 cm³/mol. The van der Waals surface area contributed by atoms with Crippen molar-refractivity contribution in [2.45, 2.75) is 6.42 Å². The van der Waals surface area contributed by atoms with Gasteiger partial charge in [0.15, 0.2) is 0 Å². The Hall–Kier alpha value is -1.66. The summed E-state index contributed by atoms with van der Waals surface area (Å²) in [5, 5.41) is 8.84. The zero-order valence-electron chi connectivity index (χ0n) is 11.3. The lowest BCUT2D eigenvalue weighted by Crippen LogP contribution is -2.29. The van der Waals surface area contributed by atoms with E-state index in [2.05, 4.69) is 4.98 Å². The SMILES string of the molecule is COCCCN(CCOC)c1ccc(C(=O)O)cn1. The molecule has 0 saturated carbocycles. The van der Waals surface area contributed by atoms with Crippen LogP contribution in [0.4, 0.5) is 5.82 Å². The number of aromatic carboxylic acids is 1. The highest BCUT2D eigenvalue weighted by Gasteiger charge is 2.09. The lowest BCUT2D eigenvalue weighted by atomic mass is 10.2. The van der Waals surface area contributed by atoms with E-state index in [1.807, 2.05) is 4.90 Å². The second-order valence-corrected chi connectivity index (χ2v) is 4.04. The molecule has 0 aliphatic carbocycles. The first-order valence-electron chi connectivity index (χ1n) is 6.11. The van der Waals surface area contributed by atoms with E-state index < -0.39 is 5.97 Å². The van der Waals surface area contributed by atoms with Crippen LogP contribution in [0.1, 0.15) is 16.8 Å². The number of carbonyl (C=O) groups is 1. The number of aromatic nitrogens is 1. The van der Waals surface area contributed by atoms with E-state index >= 15 is 0 Å². The standard InChI is InChI=1S/C13H20N2O4/c1-18-8-3-6-15(7-9-19-2)12-5-4-11(10-14-12)13(16)17/h4-5,10H,3,6-9H2,1-2H3,(H,16,17). The number of methoxy groups -OCH3 is 2. The number of anilines is 1. The molecule has 0 spiro atoms. The first-order chi connectivity index (χ1) is 9.19. The molecule has 0 aromatic carbocycles. The summed E-state index contributed by atoms with van der Waals surface area (Å²) in [7, 11) is 3.31. The Bertz CT molecular complexity index is 381. The second kappa shape index (κ2) is 8.44. The van der Waals surface area contributed by atoms with Crippen molar-refractivity contribution in [3.8, 4) is 0 Å². The molecule has 19 heavy (non-hydrogen) atoms. The molecule has 0 saturated heterocycles. The first-order valence-corrected chi connectivity index (χ1v) is 6.11. The maximum Gasteiger partial charge on any atom is 0.337 e. The fraction of sp³-hybridized carbons (Fsp3) is 0.538. The zero-order valence-corrected chi connectivity index (χ0v) is 11.3. The molecule has 0 aliphatic rings. The molecular formula is C13H20N2O4. The maximum atomic E-state index is 10.8. The van der Waals surface area contributed by atoms with Gasteiger partial charge in [-0.1, -0.05) is 0 Å². The highest BCUT2D eigenvalue weighted by atomic mass is 16.5. The molecule has 0 bridgehead atoms. The van der Waals surface area contributed by atoms with Crippen LogP contribution in [0.15, 0.2) is 18.3 Å². The zero-order chi connectivity index (χ0) is 14.1. The molecule has 0 amide bonds. The third-order valence-corrected chi connectivity index (χ3v) is 2.66. The number of ether oxygens (including phenoxy) is 2. The summed E-state index contributed by atoms with van der Waals surface area (Å²) < 4.78 is 10.1. The van der Waals surface area contributed by atoms with E-state index in [4.69, 9.17) is 14.6 Å². The summed E-state index contributed by atoms with van der Waals surface area (Å²) in [5.74, 6) is -0.222. The van der Waals surface area contributed by atoms with Crippen LogP contribution in [0.3, 0.4) is 0 Å². The summed E-state index contributed by atoms with van der Waals surface area (Å²) in [5.41, 5.74) is 0.187. The first kappa shape index (κ1) is 15.4. The van der Waals surface area contributed by atoms with Crippen LogP contribution in [0.2, 0.25) is 0 Å². The molecule has 1 aromatic heterocycles. The average Bonchev–Trinajstić information content (AvgIpc) is 2.43. The van der Waals surface area contributed by atoms with Gasteiger partial charge in [-0.3, -0.25) is 0 Å². The van der Waals surface area contributed by atoms with Crippen molar-refractivity contribution in [2.75, 3.05) is 45.4 Å². The van der Waals surface area contributed by atoms with E-state index in [1.54, 1.807) is 26.4 Å². The van der Waals surface area contributed by atoms with Crippen molar-refractivity contribution < 1.29 is 19.4 Å². The van der Waals surface area contributed by atoms with Gasteiger partial charge in [0.1, 0.15) is 5.82 Å². The summed E-state index contributed by atoms with van der Waals surface area (Å²) in [6.45, 7) is 2.77. The van der Waals surface area contributed by atoms with Gasteiger partial charge in [-0.05, 0) is 18.6 Å². The van der Waals surface area contributed by atoms with Gasteiger partial charge < -0.3 is 19.5 Å². The smallest absolute Gasteiger partial charge is 0.337 e. The number of hydrogen-bond acceptors (Lipinski definition) is 5. The monoisotopic (exact) mass is 268 g/mol. The van der Waals surface area contributed by atoms with Crippen LogP contribution in [-0.4, -0.2) is 56.6 Å². The predicted octanol–water partition coefficient (Wildman–Crippen LogP) is 1.27. The van der Waals surface area contributed by atoms with E-state index in [1.165, 1.54) is 6.20 Å². The Labute approximate surface area is 113 Å². The van der Waals surface area contributed by atoms with Crippen molar-refractivity contribution in [1.82, 2.24) is 4.98 Å². The van der Waals surface area contributed by atoms with Crippen LogP contribution in [0, 0.1) is 0 Å². The highest BCUT2D eigenvalue weighted by Crippen LogP contribution is 2.12. The van der Waals surface area contributed by atoms with E-state index in [9.17, 15) is 4.79 Å². The Morgan fingerprint density at radius 2 is 2.00 bits per heavy atom. The number of hydrogen-bond donors (Lipinski definition) is 1. The minimum atomic E-state index is -0.970. The van der Waals surface area contributed by atoms with Gasteiger partial charge in [0.05, 0.1) is 12.2 Å². The van der Waals surface area contributed by atoms with Crippen molar-refractivity contribution in [3.63, 3.8) is 0 Å². The fourth-order valence-electron chi connectivity index (χ4n) is 1.64. The molecule has 0 radical (unpaired) electrons. The topological polar surface area (TPSA) is 71.9 Å². The number of carboxylic acids is 1. The Morgan fingerprint density at radius 1 is 1.26 bits per heavy atom. The van der Waals surface area contributed by atoms with Gasteiger partial charge in [0.2, 0.25) is 0 Å². The Balaban J connectivity index is 2.68. The van der Waals surface area contributed by atoms with Gasteiger partial charge in [-0.15, -0.1) is 0 Å². The molecule has 6 heteroatoms. The molecule has 0 fully saturated rings. The van der Waals surface area contributed by atoms with E-state index in [0.29, 0.717) is 19.8 Å². The molecule has 1 rings (SSSR count). The van der Waals surface area contributed by atoms with Crippen LogP contribution in [0.5, 0.6) is 0 Å². The quantitative estimate of drug-likeness (QED) is 0.680. The molecule has 6 nitrogen and oxygen atoms in total. The molecule has 1 N–H and O–H groups in total. The number of pyridine rings is 1. The Kier molecular flexibility index (Phi) is 6.84. The summed E-state index contributed by atoms with van der Waals surface area (Å²) >= 11 is 0. The third-order valence-electron chi connectivity index (χ3n) is 2.66. The highest BCUT2D eigenvalue weighted by molar-refractivity contribution is 5.87. The minimum Gasteiger partial charge on any atom is -0.478 e. The van der Waals surface area contributed by atoms with Crippen molar-refractivity contribution >= 4 is 11.8 Å². The van der Waals surface area contributed by atoms with Gasteiger partial charge >= 0.3 is 5.97 Å². The van der Waals surface area contributed by atoms with Crippen molar-refractivity contribution in [1.29, 1.82) is 0 Å². The lowest BCUT2D eigenvalue weighted by Gasteiger charge is -2.23. The normalized spacial score (nSPS) is 10.4. The third kappa shape index (κ3) is 5.23. The van der Waals surface area contributed by atoms with Gasteiger partial charge in [-0.25, -0.2) is 9.78 Å². The van der Waals surface area contributed by atoms with Crippen LogP contribution >= 0.6 is 0 Å². The molecule has 1 heterocycles. The molecule has 1 aromatic rings. The fourth-order valence-corrected chi connectivity index (χ4v) is 1.64. The second-order valence-electron chi connectivity index (χ2n) is 4.04. The summed E-state index contributed by atoms with van der Waals surface area (Å²) in [4.78, 5) is 17.0. The van der Waals surface area contributed by atoms with Crippen LogP contribution < -0.4 is 4.90 Å². The average molecular weight is 268 g/mol. The Morgan fingerprint density at radius 3 is 2.53 bits per heavy atom. The number of carboxylic acid groups (broad SMARTS) is 1. The molecule has 0 aliphatic heterocycles. The summed E-state index contributed by atoms with van der Waals surface area (Å²) in [6.07, 6.45) is 2.25. The van der Waals surface area contributed by atoms with Gasteiger partial charge in [0.25, 0.3) is 0 Å². The van der Waals surface area contributed by atoms with Crippen molar-refractivity contribution in [3.05, 3.63) is 23.9 Å². The molecular weight excluding hydrogens is 248 g/mol. The largest absolute Gasteiger partial charge is 0.478 e. The number of nitrogens with zero attached hydrogens (tertiary/aromatic N) is 2.